The molecule has 0 amide bonds. The Morgan fingerprint density at radius 2 is 2.08 bits per heavy atom. The molecule has 1 aromatic carbocycles. The van der Waals surface area contributed by atoms with Gasteiger partial charge in [-0.1, -0.05) is 19.9 Å². The molecule has 0 saturated carbocycles. The Bertz CT molecular complexity index is 355. The van der Waals surface area contributed by atoms with E-state index in [-0.39, 0.29) is 11.2 Å². The number of anilines is 1. The second kappa shape index (κ2) is 2.47. The molecule has 0 saturated heterocycles. The van der Waals surface area contributed by atoms with E-state index in [1.165, 1.54) is 11.6 Å². The molecule has 0 atom stereocenters. The van der Waals surface area contributed by atoms with Gasteiger partial charge in [0.15, 0.2) is 0 Å². The molecule has 2 N–H and O–H groups in total. The molecule has 2 rings (SSSR count). The summed E-state index contributed by atoms with van der Waals surface area (Å²) < 4.78 is 13.1. The predicted octanol–water partition coefficient (Wildman–Crippen LogP) is 2.63. The Labute approximate surface area is 77.8 Å². The highest BCUT2D eigenvalue weighted by Crippen LogP contribution is 2.41. The number of rotatable bonds is 0. The van der Waals surface area contributed by atoms with Crippen LogP contribution in [0.15, 0.2) is 12.1 Å². The van der Waals surface area contributed by atoms with Crippen LogP contribution < -0.4 is 5.73 Å². The van der Waals surface area contributed by atoms with Gasteiger partial charge in [-0.25, -0.2) is 4.39 Å². The quantitative estimate of drug-likeness (QED) is 0.609. The van der Waals surface area contributed by atoms with Crippen molar-refractivity contribution in [3.8, 4) is 0 Å². The van der Waals surface area contributed by atoms with E-state index < -0.39 is 0 Å². The second-order valence-corrected chi connectivity index (χ2v) is 4.37. The summed E-state index contributed by atoms with van der Waals surface area (Å²) in [5, 5.41) is 0. The highest BCUT2D eigenvalue weighted by molar-refractivity contribution is 5.56. The largest absolute Gasteiger partial charge is 0.396 e. The molecule has 2 heteroatoms. The lowest BCUT2D eigenvalue weighted by atomic mass is 9.86. The molecule has 13 heavy (non-hydrogen) atoms. The van der Waals surface area contributed by atoms with E-state index in [0.717, 1.165) is 18.4 Å². The van der Waals surface area contributed by atoms with E-state index in [0.29, 0.717) is 5.69 Å². The lowest BCUT2D eigenvalue weighted by Gasteiger charge is -2.18. The van der Waals surface area contributed by atoms with Gasteiger partial charge in [0.05, 0.1) is 5.69 Å². The maximum absolute atomic E-state index is 13.1. The standard InChI is InChI=1S/C11H14FN/c1-11(2)6-5-7-8(11)3-4-9(12)10(7)13/h3-4H,5-6,13H2,1-2H3. The Hall–Kier alpha value is -1.05. The zero-order valence-corrected chi connectivity index (χ0v) is 8.02. The third-order valence-corrected chi connectivity index (χ3v) is 3.03. The van der Waals surface area contributed by atoms with Crippen LogP contribution >= 0.6 is 0 Å². The van der Waals surface area contributed by atoms with Gasteiger partial charge < -0.3 is 5.73 Å². The fourth-order valence-corrected chi connectivity index (χ4v) is 2.11. The van der Waals surface area contributed by atoms with Gasteiger partial charge in [-0.2, -0.15) is 0 Å². The van der Waals surface area contributed by atoms with Crippen LogP contribution in [-0.4, -0.2) is 0 Å². The highest BCUT2D eigenvalue weighted by atomic mass is 19.1. The van der Waals surface area contributed by atoms with Gasteiger partial charge in [0.25, 0.3) is 0 Å². The first-order valence-corrected chi connectivity index (χ1v) is 4.60. The van der Waals surface area contributed by atoms with Gasteiger partial charge in [-0.3, -0.25) is 0 Å². The van der Waals surface area contributed by atoms with Crippen LogP contribution in [-0.2, 0) is 11.8 Å². The van der Waals surface area contributed by atoms with Gasteiger partial charge in [-0.05, 0) is 35.4 Å². The molecule has 0 unspecified atom stereocenters. The van der Waals surface area contributed by atoms with Gasteiger partial charge in [0.1, 0.15) is 5.82 Å². The zero-order chi connectivity index (χ0) is 9.64. The van der Waals surface area contributed by atoms with Crippen LogP contribution in [0.1, 0.15) is 31.4 Å². The number of hydrogen-bond donors (Lipinski definition) is 1. The molecule has 0 fully saturated rings. The number of halogens is 1. The van der Waals surface area contributed by atoms with Crippen LogP contribution in [0.5, 0.6) is 0 Å². The summed E-state index contributed by atoms with van der Waals surface area (Å²) in [4.78, 5) is 0. The van der Waals surface area contributed by atoms with Crippen molar-refractivity contribution >= 4 is 5.69 Å². The topological polar surface area (TPSA) is 26.0 Å². The van der Waals surface area contributed by atoms with Gasteiger partial charge >= 0.3 is 0 Å². The molecule has 0 aliphatic heterocycles. The number of hydrogen-bond acceptors (Lipinski definition) is 1. The predicted molar refractivity (Wildman–Crippen MR) is 52.2 cm³/mol. The molecular formula is C11H14FN. The summed E-state index contributed by atoms with van der Waals surface area (Å²) in [6.45, 7) is 4.35. The number of fused-ring (bicyclic) bond motifs is 1. The van der Waals surface area contributed by atoms with Crippen LogP contribution in [0, 0.1) is 5.82 Å². The highest BCUT2D eigenvalue weighted by Gasteiger charge is 2.31. The first-order valence-electron chi connectivity index (χ1n) is 4.60. The third kappa shape index (κ3) is 1.12. The minimum atomic E-state index is -0.281. The number of nitrogens with two attached hydrogens (primary N) is 1. The fourth-order valence-electron chi connectivity index (χ4n) is 2.11. The lowest BCUT2D eigenvalue weighted by Crippen LogP contribution is -2.12. The van der Waals surface area contributed by atoms with Crippen molar-refractivity contribution in [1.29, 1.82) is 0 Å². The van der Waals surface area contributed by atoms with Gasteiger partial charge in [0, 0.05) is 0 Å². The van der Waals surface area contributed by atoms with E-state index in [1.807, 2.05) is 6.07 Å². The van der Waals surface area contributed by atoms with Crippen molar-refractivity contribution in [1.82, 2.24) is 0 Å². The van der Waals surface area contributed by atoms with Crippen LogP contribution in [0.25, 0.3) is 0 Å². The summed E-state index contributed by atoms with van der Waals surface area (Å²) in [7, 11) is 0. The van der Waals surface area contributed by atoms with E-state index >= 15 is 0 Å². The van der Waals surface area contributed by atoms with E-state index in [9.17, 15) is 4.39 Å². The number of benzene rings is 1. The van der Waals surface area contributed by atoms with Crippen LogP contribution in [0.3, 0.4) is 0 Å². The molecule has 1 aliphatic carbocycles. The smallest absolute Gasteiger partial charge is 0.146 e. The molecule has 1 aromatic rings. The van der Waals surface area contributed by atoms with Crippen LogP contribution in [0.4, 0.5) is 10.1 Å². The van der Waals surface area contributed by atoms with E-state index in [2.05, 4.69) is 13.8 Å². The van der Waals surface area contributed by atoms with E-state index in [1.54, 1.807) is 0 Å². The first-order chi connectivity index (χ1) is 6.02. The lowest BCUT2D eigenvalue weighted by molar-refractivity contribution is 0.522. The SMILES string of the molecule is CC1(C)CCc2c1ccc(F)c2N. The average molecular weight is 179 g/mol. The number of nitrogen functional groups attached to an aromatic ring is 1. The van der Waals surface area contributed by atoms with Gasteiger partial charge in [0.2, 0.25) is 0 Å². The minimum Gasteiger partial charge on any atom is -0.396 e. The first kappa shape index (κ1) is 8.54. The molecule has 0 aromatic heterocycles. The Balaban J connectivity index is 2.64. The third-order valence-electron chi connectivity index (χ3n) is 3.03. The van der Waals surface area contributed by atoms with Crippen molar-refractivity contribution in [2.75, 3.05) is 5.73 Å². The van der Waals surface area contributed by atoms with Gasteiger partial charge in [-0.15, -0.1) is 0 Å². The molecule has 0 heterocycles. The van der Waals surface area contributed by atoms with Crippen molar-refractivity contribution < 1.29 is 4.39 Å². The Kier molecular flexibility index (Phi) is 1.62. The van der Waals surface area contributed by atoms with Crippen molar-refractivity contribution in [2.24, 2.45) is 0 Å². The van der Waals surface area contributed by atoms with Crippen LogP contribution in [0.2, 0.25) is 0 Å². The van der Waals surface area contributed by atoms with E-state index in [4.69, 9.17) is 5.73 Å². The fraction of sp³-hybridized carbons (Fsp3) is 0.455. The molecule has 1 aliphatic rings. The summed E-state index contributed by atoms with van der Waals surface area (Å²) in [5.74, 6) is -0.281. The monoisotopic (exact) mass is 179 g/mol. The van der Waals surface area contributed by atoms with Crippen molar-refractivity contribution in [3.63, 3.8) is 0 Å². The normalized spacial score (nSPS) is 18.7. The van der Waals surface area contributed by atoms with Crippen molar-refractivity contribution in [2.45, 2.75) is 32.1 Å². The zero-order valence-electron chi connectivity index (χ0n) is 8.02. The Morgan fingerprint density at radius 1 is 1.38 bits per heavy atom. The molecule has 0 radical (unpaired) electrons. The second-order valence-electron chi connectivity index (χ2n) is 4.37. The average Bonchev–Trinajstić information content (AvgIpc) is 2.35. The minimum absolute atomic E-state index is 0.164. The summed E-state index contributed by atoms with van der Waals surface area (Å²) in [5.41, 5.74) is 8.43. The Morgan fingerprint density at radius 3 is 2.77 bits per heavy atom. The maximum atomic E-state index is 13.1. The molecular weight excluding hydrogens is 165 g/mol. The maximum Gasteiger partial charge on any atom is 0.146 e. The summed E-state index contributed by atoms with van der Waals surface area (Å²) in [6, 6.07) is 3.34. The molecule has 0 bridgehead atoms. The molecule has 70 valence electrons. The van der Waals surface area contributed by atoms with Crippen molar-refractivity contribution in [3.05, 3.63) is 29.1 Å². The summed E-state index contributed by atoms with van der Waals surface area (Å²) >= 11 is 0. The molecule has 1 nitrogen and oxygen atoms in total. The molecule has 0 spiro atoms. The summed E-state index contributed by atoms with van der Waals surface area (Å²) in [6.07, 6.45) is 1.97.